The van der Waals surface area contributed by atoms with Crippen LogP contribution in [0.3, 0.4) is 0 Å². The normalized spacial score (nSPS) is 12.4. The molecule has 2 aromatic carbocycles. The molecule has 0 saturated heterocycles. The zero-order valence-electron chi connectivity index (χ0n) is 9.51. The summed E-state index contributed by atoms with van der Waals surface area (Å²) in [6, 6.07) is 18.0. The van der Waals surface area contributed by atoms with Crippen LogP contribution in [0.2, 0.25) is 0 Å². The lowest BCUT2D eigenvalue weighted by Gasteiger charge is -2.10. The lowest BCUT2D eigenvalue weighted by molar-refractivity contribution is 0.175. The number of nitrogens with one attached hydrogen (secondary N) is 1. The fourth-order valence-electron chi connectivity index (χ4n) is 1.76. The van der Waals surface area contributed by atoms with Gasteiger partial charge >= 0.3 is 0 Å². The number of hydrazine groups is 1. The zero-order chi connectivity index (χ0) is 12.1. The van der Waals surface area contributed by atoms with Gasteiger partial charge in [-0.2, -0.15) is 0 Å². The average molecular weight is 228 g/mol. The highest BCUT2D eigenvalue weighted by molar-refractivity contribution is 5.63. The van der Waals surface area contributed by atoms with Crippen molar-refractivity contribution in [1.82, 2.24) is 5.43 Å². The number of aliphatic hydroxyl groups is 1. The molecule has 3 nitrogen and oxygen atoms in total. The zero-order valence-corrected chi connectivity index (χ0v) is 9.51. The molecule has 4 N–H and O–H groups in total. The molecule has 0 amide bonds. The minimum atomic E-state index is -0.565. The van der Waals surface area contributed by atoms with E-state index in [0.29, 0.717) is 6.54 Å². The summed E-state index contributed by atoms with van der Waals surface area (Å²) in [5, 5.41) is 9.74. The second-order valence-electron chi connectivity index (χ2n) is 3.91. The van der Waals surface area contributed by atoms with Crippen molar-refractivity contribution in [3.63, 3.8) is 0 Å². The van der Waals surface area contributed by atoms with Crippen molar-refractivity contribution in [3.8, 4) is 11.1 Å². The minimum Gasteiger partial charge on any atom is -0.387 e. The van der Waals surface area contributed by atoms with Crippen LogP contribution < -0.4 is 11.3 Å². The third-order valence-electron chi connectivity index (χ3n) is 2.71. The highest BCUT2D eigenvalue weighted by Gasteiger charge is 2.06. The van der Waals surface area contributed by atoms with Crippen LogP contribution in [0.15, 0.2) is 54.6 Å². The largest absolute Gasteiger partial charge is 0.387 e. The average Bonchev–Trinajstić information content (AvgIpc) is 2.40. The molecule has 88 valence electrons. The maximum absolute atomic E-state index is 9.74. The van der Waals surface area contributed by atoms with Gasteiger partial charge in [0.2, 0.25) is 0 Å². The molecule has 0 aliphatic heterocycles. The number of rotatable bonds is 4. The topological polar surface area (TPSA) is 58.3 Å². The van der Waals surface area contributed by atoms with E-state index in [1.165, 1.54) is 5.56 Å². The van der Waals surface area contributed by atoms with E-state index in [1.54, 1.807) is 0 Å². The van der Waals surface area contributed by atoms with Gasteiger partial charge in [0.05, 0.1) is 6.10 Å². The van der Waals surface area contributed by atoms with Crippen molar-refractivity contribution in [1.29, 1.82) is 0 Å². The van der Waals surface area contributed by atoms with Crippen LogP contribution in [0.1, 0.15) is 11.7 Å². The van der Waals surface area contributed by atoms with Gasteiger partial charge in [0.15, 0.2) is 0 Å². The van der Waals surface area contributed by atoms with E-state index in [0.717, 1.165) is 11.1 Å². The summed E-state index contributed by atoms with van der Waals surface area (Å²) in [6.45, 7) is 0.352. The summed E-state index contributed by atoms with van der Waals surface area (Å²) in [5.41, 5.74) is 5.64. The van der Waals surface area contributed by atoms with Gasteiger partial charge in [-0.3, -0.25) is 11.3 Å². The number of hydrogen-bond acceptors (Lipinski definition) is 3. The van der Waals surface area contributed by atoms with Gasteiger partial charge in [-0.15, -0.1) is 0 Å². The van der Waals surface area contributed by atoms with Crippen LogP contribution in [-0.2, 0) is 0 Å². The Labute approximate surface area is 101 Å². The molecular weight excluding hydrogens is 212 g/mol. The van der Waals surface area contributed by atoms with Crippen molar-refractivity contribution in [2.75, 3.05) is 6.54 Å². The standard InChI is InChI=1S/C14H16N2O/c15-16-10-14(17)13-8-6-12(7-9-13)11-4-2-1-3-5-11/h1-9,14,16-17H,10,15H2. The predicted molar refractivity (Wildman–Crippen MR) is 69.0 cm³/mol. The Morgan fingerprint density at radius 1 is 0.941 bits per heavy atom. The molecule has 0 bridgehead atoms. The first kappa shape index (κ1) is 11.8. The highest BCUT2D eigenvalue weighted by Crippen LogP contribution is 2.21. The molecule has 0 aliphatic carbocycles. The molecule has 1 unspecified atom stereocenters. The summed E-state index contributed by atoms with van der Waals surface area (Å²) < 4.78 is 0. The van der Waals surface area contributed by atoms with E-state index >= 15 is 0 Å². The first-order valence-corrected chi connectivity index (χ1v) is 5.58. The smallest absolute Gasteiger partial charge is 0.0928 e. The number of hydrogen-bond donors (Lipinski definition) is 3. The molecule has 0 fully saturated rings. The summed E-state index contributed by atoms with van der Waals surface area (Å²) >= 11 is 0. The first-order valence-electron chi connectivity index (χ1n) is 5.58. The Balaban J connectivity index is 2.19. The molecule has 0 saturated carbocycles. The summed E-state index contributed by atoms with van der Waals surface area (Å²) in [7, 11) is 0. The van der Waals surface area contributed by atoms with Gasteiger partial charge < -0.3 is 5.11 Å². The molecular formula is C14H16N2O. The van der Waals surface area contributed by atoms with Crippen molar-refractivity contribution in [2.24, 2.45) is 5.84 Å². The van der Waals surface area contributed by atoms with E-state index < -0.39 is 6.10 Å². The van der Waals surface area contributed by atoms with Gasteiger partial charge in [-0.1, -0.05) is 54.6 Å². The van der Waals surface area contributed by atoms with Gasteiger partial charge in [0, 0.05) is 6.54 Å². The van der Waals surface area contributed by atoms with Crippen LogP contribution in [-0.4, -0.2) is 11.7 Å². The Morgan fingerprint density at radius 2 is 1.53 bits per heavy atom. The second kappa shape index (κ2) is 5.59. The Morgan fingerprint density at radius 3 is 2.12 bits per heavy atom. The molecule has 1 atom stereocenters. The minimum absolute atomic E-state index is 0.352. The predicted octanol–water partition coefficient (Wildman–Crippen LogP) is 1.85. The lowest BCUT2D eigenvalue weighted by Crippen LogP contribution is -2.27. The number of benzene rings is 2. The molecule has 0 spiro atoms. The first-order chi connectivity index (χ1) is 8.31. The van der Waals surface area contributed by atoms with Gasteiger partial charge in [0.25, 0.3) is 0 Å². The van der Waals surface area contributed by atoms with Crippen LogP contribution >= 0.6 is 0 Å². The quantitative estimate of drug-likeness (QED) is 0.553. The fourth-order valence-corrected chi connectivity index (χ4v) is 1.76. The number of nitrogens with two attached hydrogens (primary N) is 1. The van der Waals surface area contributed by atoms with E-state index in [1.807, 2.05) is 42.5 Å². The van der Waals surface area contributed by atoms with Crippen molar-refractivity contribution in [3.05, 3.63) is 60.2 Å². The molecule has 2 rings (SSSR count). The van der Waals surface area contributed by atoms with Gasteiger partial charge in [0.1, 0.15) is 0 Å². The van der Waals surface area contributed by atoms with Crippen LogP contribution in [0.4, 0.5) is 0 Å². The molecule has 3 heteroatoms. The molecule has 0 aromatic heterocycles. The number of aliphatic hydroxyl groups excluding tert-OH is 1. The molecule has 0 radical (unpaired) electrons. The lowest BCUT2D eigenvalue weighted by atomic mass is 10.0. The third kappa shape index (κ3) is 2.91. The Hall–Kier alpha value is -1.68. The molecule has 0 heterocycles. The summed E-state index contributed by atoms with van der Waals surface area (Å²) in [6.07, 6.45) is -0.565. The van der Waals surface area contributed by atoms with Crippen molar-refractivity contribution < 1.29 is 5.11 Å². The maximum atomic E-state index is 9.74. The van der Waals surface area contributed by atoms with Crippen LogP contribution in [0.25, 0.3) is 11.1 Å². The summed E-state index contributed by atoms with van der Waals surface area (Å²) in [5.74, 6) is 5.18. The second-order valence-corrected chi connectivity index (χ2v) is 3.91. The molecule has 0 aliphatic rings. The van der Waals surface area contributed by atoms with Crippen LogP contribution in [0, 0.1) is 0 Å². The molecule has 17 heavy (non-hydrogen) atoms. The van der Waals surface area contributed by atoms with Crippen molar-refractivity contribution in [2.45, 2.75) is 6.10 Å². The SMILES string of the molecule is NNCC(O)c1ccc(-c2ccccc2)cc1. The summed E-state index contributed by atoms with van der Waals surface area (Å²) in [4.78, 5) is 0. The van der Waals surface area contributed by atoms with E-state index in [-0.39, 0.29) is 0 Å². The molecule has 2 aromatic rings. The van der Waals surface area contributed by atoms with Gasteiger partial charge in [-0.25, -0.2) is 0 Å². The van der Waals surface area contributed by atoms with E-state index in [2.05, 4.69) is 17.6 Å². The van der Waals surface area contributed by atoms with Crippen molar-refractivity contribution >= 4 is 0 Å². The van der Waals surface area contributed by atoms with E-state index in [4.69, 9.17) is 5.84 Å². The van der Waals surface area contributed by atoms with Crippen LogP contribution in [0.5, 0.6) is 0 Å². The van der Waals surface area contributed by atoms with E-state index in [9.17, 15) is 5.11 Å². The fraction of sp³-hybridized carbons (Fsp3) is 0.143. The Bertz CT molecular complexity index is 453. The van der Waals surface area contributed by atoms with Gasteiger partial charge in [-0.05, 0) is 16.7 Å². The monoisotopic (exact) mass is 228 g/mol. The highest BCUT2D eigenvalue weighted by atomic mass is 16.3. The Kier molecular flexibility index (Phi) is 3.88. The third-order valence-corrected chi connectivity index (χ3v) is 2.71. The maximum Gasteiger partial charge on any atom is 0.0928 e.